The Kier molecular flexibility index (Phi) is 5.52. The SMILES string of the molecule is O=C(NCCc1nc(-c2ccncc2)cs1)OCc1ccccc1. The quantitative estimate of drug-likeness (QED) is 0.744. The number of carbonyl (C=O) groups is 1. The van der Waals surface area contributed by atoms with E-state index in [9.17, 15) is 4.79 Å². The Balaban J connectivity index is 1.42. The Morgan fingerprint density at radius 1 is 1.12 bits per heavy atom. The maximum atomic E-state index is 11.7. The molecule has 0 aliphatic heterocycles. The van der Waals surface area contributed by atoms with Crippen LogP contribution in [-0.2, 0) is 17.8 Å². The standard InChI is InChI=1S/C18H17N3O2S/c22-18(23-12-14-4-2-1-3-5-14)20-11-8-17-21-16(13-24-17)15-6-9-19-10-7-15/h1-7,9-10,13H,8,11-12H2,(H,20,22). The lowest BCUT2D eigenvalue weighted by Crippen LogP contribution is -2.26. The van der Waals surface area contributed by atoms with E-state index in [0.717, 1.165) is 21.8 Å². The van der Waals surface area contributed by atoms with Crippen molar-refractivity contribution in [3.8, 4) is 11.3 Å². The number of amides is 1. The van der Waals surface area contributed by atoms with Gasteiger partial charge in [0.15, 0.2) is 0 Å². The lowest BCUT2D eigenvalue weighted by Gasteiger charge is -2.06. The van der Waals surface area contributed by atoms with Gasteiger partial charge in [-0.05, 0) is 17.7 Å². The van der Waals surface area contributed by atoms with Gasteiger partial charge in [0.05, 0.1) is 10.7 Å². The number of carbonyl (C=O) groups excluding carboxylic acids is 1. The fourth-order valence-corrected chi connectivity index (χ4v) is 2.93. The molecule has 6 heteroatoms. The molecule has 122 valence electrons. The van der Waals surface area contributed by atoms with Crippen LogP contribution in [0.4, 0.5) is 4.79 Å². The van der Waals surface area contributed by atoms with E-state index in [4.69, 9.17) is 4.74 Å². The summed E-state index contributed by atoms with van der Waals surface area (Å²) >= 11 is 1.58. The molecule has 0 bridgehead atoms. The molecule has 0 aliphatic rings. The van der Waals surface area contributed by atoms with Crippen molar-refractivity contribution in [2.75, 3.05) is 6.54 Å². The summed E-state index contributed by atoms with van der Waals surface area (Å²) in [5.74, 6) is 0. The van der Waals surface area contributed by atoms with Crippen molar-refractivity contribution in [3.63, 3.8) is 0 Å². The smallest absolute Gasteiger partial charge is 0.407 e. The van der Waals surface area contributed by atoms with Crippen LogP contribution in [0.5, 0.6) is 0 Å². The fourth-order valence-electron chi connectivity index (χ4n) is 2.13. The van der Waals surface area contributed by atoms with Gasteiger partial charge in [0, 0.05) is 36.3 Å². The van der Waals surface area contributed by atoms with Crippen molar-refractivity contribution in [2.45, 2.75) is 13.0 Å². The first-order valence-corrected chi connectivity index (χ1v) is 8.48. The molecule has 24 heavy (non-hydrogen) atoms. The van der Waals surface area contributed by atoms with E-state index in [0.29, 0.717) is 13.0 Å². The number of rotatable bonds is 6. The summed E-state index contributed by atoms with van der Waals surface area (Å²) in [5.41, 5.74) is 2.95. The average Bonchev–Trinajstić information content (AvgIpc) is 3.11. The summed E-state index contributed by atoms with van der Waals surface area (Å²) in [6.45, 7) is 0.771. The molecule has 5 nitrogen and oxygen atoms in total. The third-order valence-corrected chi connectivity index (χ3v) is 4.26. The van der Waals surface area contributed by atoms with E-state index >= 15 is 0 Å². The van der Waals surface area contributed by atoms with Gasteiger partial charge >= 0.3 is 6.09 Å². The number of thiazole rings is 1. The van der Waals surface area contributed by atoms with Crippen molar-refractivity contribution in [1.29, 1.82) is 0 Å². The van der Waals surface area contributed by atoms with E-state index < -0.39 is 6.09 Å². The van der Waals surface area contributed by atoms with E-state index in [-0.39, 0.29) is 6.61 Å². The number of hydrogen-bond donors (Lipinski definition) is 1. The molecule has 0 saturated carbocycles. The maximum absolute atomic E-state index is 11.7. The second-order valence-electron chi connectivity index (χ2n) is 5.10. The Morgan fingerprint density at radius 2 is 1.92 bits per heavy atom. The topological polar surface area (TPSA) is 64.1 Å². The molecule has 2 heterocycles. The van der Waals surface area contributed by atoms with Crippen molar-refractivity contribution in [1.82, 2.24) is 15.3 Å². The average molecular weight is 339 g/mol. The van der Waals surface area contributed by atoms with Gasteiger partial charge in [-0.1, -0.05) is 30.3 Å². The van der Waals surface area contributed by atoms with Crippen LogP contribution in [0, 0.1) is 0 Å². The van der Waals surface area contributed by atoms with Crippen molar-refractivity contribution < 1.29 is 9.53 Å². The predicted molar refractivity (Wildman–Crippen MR) is 93.7 cm³/mol. The molecule has 1 N–H and O–H groups in total. The number of benzene rings is 1. The second-order valence-corrected chi connectivity index (χ2v) is 6.04. The minimum Gasteiger partial charge on any atom is -0.445 e. The molecule has 0 radical (unpaired) electrons. The van der Waals surface area contributed by atoms with Crippen LogP contribution in [-0.4, -0.2) is 22.6 Å². The third-order valence-electron chi connectivity index (χ3n) is 3.35. The van der Waals surface area contributed by atoms with Crippen LogP contribution in [0.15, 0.2) is 60.2 Å². The highest BCUT2D eigenvalue weighted by Gasteiger charge is 2.06. The summed E-state index contributed by atoms with van der Waals surface area (Å²) in [7, 11) is 0. The highest BCUT2D eigenvalue weighted by atomic mass is 32.1. The molecule has 0 saturated heterocycles. The van der Waals surface area contributed by atoms with Crippen LogP contribution in [0.1, 0.15) is 10.6 Å². The number of pyridine rings is 1. The molecular formula is C18H17N3O2S. The van der Waals surface area contributed by atoms with Gasteiger partial charge in [-0.15, -0.1) is 11.3 Å². The first-order chi connectivity index (χ1) is 11.8. The Morgan fingerprint density at radius 3 is 2.71 bits per heavy atom. The fraction of sp³-hybridized carbons (Fsp3) is 0.167. The molecule has 1 amide bonds. The summed E-state index contributed by atoms with van der Waals surface area (Å²) in [6, 6.07) is 13.5. The summed E-state index contributed by atoms with van der Waals surface area (Å²) in [4.78, 5) is 20.2. The van der Waals surface area contributed by atoms with Crippen molar-refractivity contribution in [3.05, 3.63) is 70.8 Å². The molecule has 0 aliphatic carbocycles. The van der Waals surface area contributed by atoms with Crippen LogP contribution < -0.4 is 5.32 Å². The molecule has 2 aromatic heterocycles. The second kappa shape index (κ2) is 8.21. The molecule has 1 aromatic carbocycles. The number of alkyl carbamates (subject to hydrolysis) is 1. The van der Waals surface area contributed by atoms with Gasteiger partial charge in [0.2, 0.25) is 0 Å². The monoisotopic (exact) mass is 339 g/mol. The van der Waals surface area contributed by atoms with Gasteiger partial charge in [-0.3, -0.25) is 4.98 Å². The van der Waals surface area contributed by atoms with Gasteiger partial charge in [-0.2, -0.15) is 0 Å². The predicted octanol–water partition coefficient (Wildman–Crippen LogP) is 3.67. The zero-order chi connectivity index (χ0) is 16.6. The first-order valence-electron chi connectivity index (χ1n) is 7.60. The van der Waals surface area contributed by atoms with Crippen LogP contribution in [0.25, 0.3) is 11.3 Å². The molecule has 3 aromatic rings. The number of nitrogens with zero attached hydrogens (tertiary/aromatic N) is 2. The lowest BCUT2D eigenvalue weighted by molar-refractivity contribution is 0.140. The van der Waals surface area contributed by atoms with E-state index in [2.05, 4.69) is 15.3 Å². The van der Waals surface area contributed by atoms with Gasteiger partial charge in [-0.25, -0.2) is 9.78 Å². The van der Waals surface area contributed by atoms with Crippen molar-refractivity contribution in [2.24, 2.45) is 0 Å². The molecule has 0 unspecified atom stereocenters. The summed E-state index contributed by atoms with van der Waals surface area (Å²) in [6.07, 6.45) is 3.76. The molecule has 0 fully saturated rings. The number of hydrogen-bond acceptors (Lipinski definition) is 5. The van der Waals surface area contributed by atoms with E-state index in [1.54, 1.807) is 23.7 Å². The maximum Gasteiger partial charge on any atom is 0.407 e. The molecule has 3 rings (SSSR count). The van der Waals surface area contributed by atoms with Crippen molar-refractivity contribution >= 4 is 17.4 Å². The molecular weight excluding hydrogens is 322 g/mol. The zero-order valence-corrected chi connectivity index (χ0v) is 13.8. The molecule has 0 spiro atoms. The van der Waals surface area contributed by atoms with E-state index in [1.165, 1.54) is 0 Å². The number of aromatic nitrogens is 2. The third kappa shape index (κ3) is 4.63. The zero-order valence-electron chi connectivity index (χ0n) is 13.0. The van der Waals surface area contributed by atoms with Gasteiger partial charge in [0.25, 0.3) is 0 Å². The van der Waals surface area contributed by atoms with Crippen LogP contribution in [0.2, 0.25) is 0 Å². The number of ether oxygens (including phenoxy) is 1. The normalized spacial score (nSPS) is 10.3. The highest BCUT2D eigenvalue weighted by Crippen LogP contribution is 2.21. The largest absolute Gasteiger partial charge is 0.445 e. The minimum atomic E-state index is -0.412. The lowest BCUT2D eigenvalue weighted by atomic mass is 10.2. The van der Waals surface area contributed by atoms with Gasteiger partial charge in [0.1, 0.15) is 6.61 Å². The first kappa shape index (κ1) is 16.1. The summed E-state index contributed by atoms with van der Waals surface area (Å²) < 4.78 is 5.17. The van der Waals surface area contributed by atoms with Crippen LogP contribution >= 0.6 is 11.3 Å². The Hall–Kier alpha value is -2.73. The Bertz CT molecular complexity index is 775. The molecule has 0 atom stereocenters. The van der Waals surface area contributed by atoms with Gasteiger partial charge < -0.3 is 10.1 Å². The summed E-state index contributed by atoms with van der Waals surface area (Å²) in [5, 5.41) is 5.74. The Labute approximate surface area is 144 Å². The van der Waals surface area contributed by atoms with E-state index in [1.807, 2.05) is 47.8 Å². The minimum absolute atomic E-state index is 0.274. The van der Waals surface area contributed by atoms with Crippen LogP contribution in [0.3, 0.4) is 0 Å². The number of nitrogens with one attached hydrogen (secondary N) is 1. The highest BCUT2D eigenvalue weighted by molar-refractivity contribution is 7.09.